The van der Waals surface area contributed by atoms with E-state index in [9.17, 15) is 4.39 Å². The van der Waals surface area contributed by atoms with Gasteiger partial charge in [-0.3, -0.25) is 0 Å². The molecule has 0 unspecified atom stereocenters. The number of anilines is 1. The van der Waals surface area contributed by atoms with Crippen molar-refractivity contribution in [3.05, 3.63) is 90.6 Å². The molecule has 0 saturated heterocycles. The molecule has 26 heavy (non-hydrogen) atoms. The lowest BCUT2D eigenvalue weighted by molar-refractivity contribution is 0.582. The van der Waals surface area contributed by atoms with Crippen LogP contribution in [0.2, 0.25) is 0 Å². The summed E-state index contributed by atoms with van der Waals surface area (Å²) in [5.74, 6) is 1.31. The number of rotatable bonds is 4. The molecule has 3 nitrogen and oxygen atoms in total. The molecule has 2 aromatic carbocycles. The molecule has 0 saturated carbocycles. The Balaban J connectivity index is 1.66. The van der Waals surface area contributed by atoms with E-state index in [2.05, 4.69) is 16.4 Å². The molecule has 128 valence electrons. The first-order valence-electron chi connectivity index (χ1n) is 8.36. The highest BCUT2D eigenvalue weighted by molar-refractivity contribution is 5.89. The summed E-state index contributed by atoms with van der Waals surface area (Å²) in [5.41, 5.74) is 2.80. The third-order valence-electron chi connectivity index (χ3n) is 4.23. The van der Waals surface area contributed by atoms with Crippen molar-refractivity contribution < 1.29 is 8.81 Å². The van der Waals surface area contributed by atoms with Crippen molar-refractivity contribution in [1.29, 1.82) is 0 Å². The van der Waals surface area contributed by atoms with Crippen LogP contribution in [0, 0.1) is 5.82 Å². The monoisotopic (exact) mass is 344 g/mol. The van der Waals surface area contributed by atoms with Gasteiger partial charge in [0.05, 0.1) is 6.26 Å². The Hall–Kier alpha value is -3.40. The quantitative estimate of drug-likeness (QED) is 0.485. The highest BCUT2D eigenvalue weighted by atomic mass is 19.1. The molecule has 1 N–H and O–H groups in total. The zero-order chi connectivity index (χ0) is 17.9. The maximum atomic E-state index is 13.1. The van der Waals surface area contributed by atoms with Gasteiger partial charge in [-0.05, 0) is 54.3 Å². The molecule has 0 atom stereocenters. The van der Waals surface area contributed by atoms with Crippen LogP contribution in [0.4, 0.5) is 10.2 Å². The van der Waals surface area contributed by atoms with E-state index in [1.165, 1.54) is 12.1 Å². The van der Waals surface area contributed by atoms with Crippen molar-refractivity contribution in [1.82, 2.24) is 4.98 Å². The number of allylic oxidation sites excluding steroid dienone is 1. The number of hydrogen-bond acceptors (Lipinski definition) is 3. The Morgan fingerprint density at radius 1 is 1.04 bits per heavy atom. The van der Waals surface area contributed by atoms with Crippen LogP contribution in [0.25, 0.3) is 27.8 Å². The summed E-state index contributed by atoms with van der Waals surface area (Å²) >= 11 is 0. The standard InChI is InChI=1S/C22H17FN2O/c1-2-20(15-7-9-19(23)10-8-15)25-22-13-18-12-16(21-4-3-11-26-21)5-6-17(18)14-24-22/h2-14H,1H3,(H,24,25)/b20-2+. The molecule has 4 heteroatoms. The first-order chi connectivity index (χ1) is 12.7. The fourth-order valence-electron chi connectivity index (χ4n) is 2.88. The van der Waals surface area contributed by atoms with Gasteiger partial charge in [0, 0.05) is 22.8 Å². The van der Waals surface area contributed by atoms with Crippen LogP contribution in [0.3, 0.4) is 0 Å². The molecule has 0 radical (unpaired) electrons. The highest BCUT2D eigenvalue weighted by Crippen LogP contribution is 2.27. The fraction of sp³-hybridized carbons (Fsp3) is 0.0455. The van der Waals surface area contributed by atoms with Crippen molar-refractivity contribution in [2.24, 2.45) is 0 Å². The summed E-state index contributed by atoms with van der Waals surface area (Å²) in [6.07, 6.45) is 5.44. The first-order valence-corrected chi connectivity index (χ1v) is 8.36. The van der Waals surface area contributed by atoms with Crippen molar-refractivity contribution in [2.45, 2.75) is 6.92 Å². The van der Waals surface area contributed by atoms with Gasteiger partial charge in [0.15, 0.2) is 0 Å². The largest absolute Gasteiger partial charge is 0.464 e. The minimum absolute atomic E-state index is 0.251. The predicted octanol–water partition coefficient (Wildman–Crippen LogP) is 6.11. The summed E-state index contributed by atoms with van der Waals surface area (Å²) in [6.45, 7) is 1.93. The lowest BCUT2D eigenvalue weighted by atomic mass is 10.1. The van der Waals surface area contributed by atoms with Crippen molar-refractivity contribution in [3.8, 4) is 11.3 Å². The maximum absolute atomic E-state index is 13.1. The van der Waals surface area contributed by atoms with E-state index in [0.717, 1.165) is 39.2 Å². The molecular weight excluding hydrogens is 327 g/mol. The molecule has 2 heterocycles. The van der Waals surface area contributed by atoms with Crippen molar-refractivity contribution >= 4 is 22.3 Å². The average Bonchev–Trinajstić information content (AvgIpc) is 3.21. The molecule has 0 aliphatic heterocycles. The van der Waals surface area contributed by atoms with Crippen LogP contribution in [0.5, 0.6) is 0 Å². The zero-order valence-corrected chi connectivity index (χ0v) is 14.2. The Morgan fingerprint density at radius 3 is 2.62 bits per heavy atom. The molecule has 0 spiro atoms. The van der Waals surface area contributed by atoms with Gasteiger partial charge >= 0.3 is 0 Å². The smallest absolute Gasteiger partial charge is 0.133 e. The van der Waals surface area contributed by atoms with E-state index in [4.69, 9.17) is 4.42 Å². The number of halogens is 1. The van der Waals surface area contributed by atoms with E-state index < -0.39 is 0 Å². The van der Waals surface area contributed by atoms with Gasteiger partial charge in [0.1, 0.15) is 17.4 Å². The van der Waals surface area contributed by atoms with Gasteiger partial charge < -0.3 is 9.73 Å². The summed E-state index contributed by atoms with van der Waals surface area (Å²) in [5, 5.41) is 5.43. The third kappa shape index (κ3) is 3.22. The van der Waals surface area contributed by atoms with Crippen LogP contribution in [0.15, 0.2) is 83.6 Å². The SMILES string of the molecule is C/C=C(/Nc1cc2cc(-c3ccco3)ccc2cn1)c1ccc(F)cc1. The maximum Gasteiger partial charge on any atom is 0.133 e. The lowest BCUT2D eigenvalue weighted by Crippen LogP contribution is -2.00. The van der Waals surface area contributed by atoms with Gasteiger partial charge in [-0.1, -0.05) is 30.3 Å². The van der Waals surface area contributed by atoms with Gasteiger partial charge in [0.2, 0.25) is 0 Å². The normalized spacial score (nSPS) is 11.7. The number of pyridine rings is 1. The minimum Gasteiger partial charge on any atom is -0.464 e. The second-order valence-electron chi connectivity index (χ2n) is 5.94. The first kappa shape index (κ1) is 16.1. The van der Waals surface area contributed by atoms with Gasteiger partial charge in [-0.15, -0.1) is 0 Å². The third-order valence-corrected chi connectivity index (χ3v) is 4.23. The molecule has 0 bridgehead atoms. The zero-order valence-electron chi connectivity index (χ0n) is 14.2. The number of fused-ring (bicyclic) bond motifs is 1. The minimum atomic E-state index is -0.251. The van der Waals surface area contributed by atoms with Crippen LogP contribution in [0.1, 0.15) is 12.5 Å². The second kappa shape index (κ2) is 6.84. The van der Waals surface area contributed by atoms with Gasteiger partial charge in [-0.2, -0.15) is 0 Å². The molecule has 0 fully saturated rings. The highest BCUT2D eigenvalue weighted by Gasteiger charge is 2.06. The topological polar surface area (TPSA) is 38.1 Å². The number of furan rings is 1. The van der Waals surface area contributed by atoms with Crippen LogP contribution in [-0.4, -0.2) is 4.98 Å². The molecule has 0 amide bonds. The second-order valence-corrected chi connectivity index (χ2v) is 5.94. The Kier molecular flexibility index (Phi) is 4.23. The summed E-state index contributed by atoms with van der Waals surface area (Å²) in [4.78, 5) is 4.48. The Morgan fingerprint density at radius 2 is 1.88 bits per heavy atom. The number of hydrogen-bond donors (Lipinski definition) is 1. The van der Waals surface area contributed by atoms with E-state index in [0.29, 0.717) is 0 Å². The summed E-state index contributed by atoms with van der Waals surface area (Å²) < 4.78 is 18.6. The lowest BCUT2D eigenvalue weighted by Gasteiger charge is -2.11. The summed E-state index contributed by atoms with van der Waals surface area (Å²) in [6, 6.07) is 18.3. The molecule has 2 aromatic heterocycles. The van der Waals surface area contributed by atoms with E-state index in [1.54, 1.807) is 18.4 Å². The number of nitrogens with one attached hydrogen (secondary N) is 1. The van der Waals surface area contributed by atoms with Crippen LogP contribution < -0.4 is 5.32 Å². The van der Waals surface area contributed by atoms with Gasteiger partial charge in [0.25, 0.3) is 0 Å². The van der Waals surface area contributed by atoms with E-state index in [-0.39, 0.29) is 5.82 Å². The molecule has 4 rings (SSSR count). The number of nitrogens with zero attached hydrogens (tertiary/aromatic N) is 1. The van der Waals surface area contributed by atoms with Crippen molar-refractivity contribution in [3.63, 3.8) is 0 Å². The Labute approximate surface area is 150 Å². The van der Waals surface area contributed by atoms with Gasteiger partial charge in [-0.25, -0.2) is 9.37 Å². The average molecular weight is 344 g/mol. The molecular formula is C22H17FN2O. The molecule has 0 aliphatic carbocycles. The summed E-state index contributed by atoms with van der Waals surface area (Å²) in [7, 11) is 0. The van der Waals surface area contributed by atoms with Crippen LogP contribution >= 0.6 is 0 Å². The fourth-order valence-corrected chi connectivity index (χ4v) is 2.88. The molecule has 0 aliphatic rings. The molecule has 4 aromatic rings. The number of benzene rings is 2. The van der Waals surface area contributed by atoms with E-state index in [1.807, 2.05) is 49.5 Å². The van der Waals surface area contributed by atoms with E-state index >= 15 is 0 Å². The predicted molar refractivity (Wildman–Crippen MR) is 103 cm³/mol. The van der Waals surface area contributed by atoms with Crippen molar-refractivity contribution in [2.75, 3.05) is 5.32 Å². The van der Waals surface area contributed by atoms with Crippen LogP contribution in [-0.2, 0) is 0 Å². The Bertz CT molecular complexity index is 1070. The number of aromatic nitrogens is 1.